The molecule has 0 aromatic heterocycles. The van der Waals surface area contributed by atoms with Crippen molar-refractivity contribution in [1.82, 2.24) is 4.90 Å². The van der Waals surface area contributed by atoms with Crippen molar-refractivity contribution < 1.29 is 19.1 Å². The lowest BCUT2D eigenvalue weighted by atomic mass is 10.1. The zero-order valence-corrected chi connectivity index (χ0v) is 18.8. The summed E-state index contributed by atoms with van der Waals surface area (Å²) in [7, 11) is 1.33. The summed E-state index contributed by atoms with van der Waals surface area (Å²) in [6.07, 6.45) is 2.54. The predicted molar refractivity (Wildman–Crippen MR) is 127 cm³/mol. The van der Waals surface area contributed by atoms with Gasteiger partial charge in [0, 0.05) is 18.7 Å². The fourth-order valence-corrected chi connectivity index (χ4v) is 4.24. The van der Waals surface area contributed by atoms with Gasteiger partial charge < -0.3 is 10.1 Å². The number of carbonyl (C=O) groups excluding carboxylic acids is 3. The number of methoxy groups -OCH3 is 1. The Morgan fingerprint density at radius 2 is 1.81 bits per heavy atom. The number of hydrogen-bond acceptors (Lipinski definition) is 6. The van der Waals surface area contributed by atoms with Crippen LogP contribution in [-0.2, 0) is 14.3 Å². The van der Waals surface area contributed by atoms with Crippen LogP contribution in [0.1, 0.15) is 34.3 Å². The van der Waals surface area contributed by atoms with Crippen LogP contribution < -0.4 is 5.32 Å². The normalized spacial score (nSPS) is 14.8. The molecule has 6 nitrogen and oxygen atoms in total. The summed E-state index contributed by atoms with van der Waals surface area (Å²) in [5, 5.41) is 2.85. The van der Waals surface area contributed by atoms with Crippen molar-refractivity contribution >= 4 is 57.8 Å². The molecule has 1 fully saturated rings. The first-order valence-electron chi connectivity index (χ1n) is 9.67. The molecule has 8 heteroatoms. The fraction of sp³-hybridized carbons (Fsp3) is 0.217. The molecule has 2 aromatic rings. The molecule has 1 N–H and O–H groups in total. The van der Waals surface area contributed by atoms with Crippen LogP contribution in [0.3, 0.4) is 0 Å². The molecule has 3 rings (SSSR count). The average molecular weight is 455 g/mol. The molecule has 1 saturated heterocycles. The molecule has 2 aromatic carbocycles. The molecule has 0 aliphatic carbocycles. The first-order valence-corrected chi connectivity index (χ1v) is 10.9. The van der Waals surface area contributed by atoms with Gasteiger partial charge in [0.2, 0.25) is 5.91 Å². The Balaban J connectivity index is 1.53. The van der Waals surface area contributed by atoms with Gasteiger partial charge in [-0.3, -0.25) is 14.5 Å². The van der Waals surface area contributed by atoms with E-state index in [9.17, 15) is 14.4 Å². The maximum atomic E-state index is 12.7. The number of anilines is 1. The van der Waals surface area contributed by atoms with E-state index in [1.54, 1.807) is 30.3 Å². The maximum absolute atomic E-state index is 12.7. The lowest BCUT2D eigenvalue weighted by Crippen LogP contribution is -2.29. The third kappa shape index (κ3) is 6.02. The third-order valence-corrected chi connectivity index (χ3v) is 6.00. The van der Waals surface area contributed by atoms with E-state index in [4.69, 9.17) is 12.2 Å². The summed E-state index contributed by atoms with van der Waals surface area (Å²) in [5.41, 5.74) is 3.10. The van der Waals surface area contributed by atoms with Gasteiger partial charge in [-0.15, -0.1) is 0 Å². The number of carbonyl (C=O) groups is 3. The van der Waals surface area contributed by atoms with Crippen molar-refractivity contribution in [2.75, 3.05) is 19.0 Å². The Morgan fingerprint density at radius 1 is 1.13 bits per heavy atom. The number of thiocarbonyl (C=S) groups is 1. The van der Waals surface area contributed by atoms with Gasteiger partial charge in [0.15, 0.2) is 0 Å². The lowest BCUT2D eigenvalue weighted by molar-refractivity contribution is -0.122. The summed E-state index contributed by atoms with van der Waals surface area (Å²) in [6, 6.07) is 14.4. The number of nitrogens with zero attached hydrogens (tertiary/aromatic N) is 1. The molecule has 1 aliphatic heterocycles. The summed E-state index contributed by atoms with van der Waals surface area (Å²) < 4.78 is 5.16. The van der Waals surface area contributed by atoms with Crippen molar-refractivity contribution in [2.24, 2.45) is 0 Å². The van der Waals surface area contributed by atoms with Crippen molar-refractivity contribution in [3.8, 4) is 0 Å². The molecule has 0 saturated carbocycles. The van der Waals surface area contributed by atoms with Crippen LogP contribution in [0.5, 0.6) is 0 Å². The Bertz CT molecular complexity index is 1030. The van der Waals surface area contributed by atoms with Gasteiger partial charge in [-0.2, -0.15) is 0 Å². The number of aryl methyl sites for hydroxylation is 1. The smallest absolute Gasteiger partial charge is 0.337 e. The van der Waals surface area contributed by atoms with Crippen molar-refractivity contribution in [3.63, 3.8) is 0 Å². The topological polar surface area (TPSA) is 75.7 Å². The average Bonchev–Trinajstić information content (AvgIpc) is 3.02. The van der Waals surface area contributed by atoms with Crippen LogP contribution in [0.15, 0.2) is 53.4 Å². The summed E-state index contributed by atoms with van der Waals surface area (Å²) in [6.45, 7) is 2.37. The van der Waals surface area contributed by atoms with Gasteiger partial charge in [0.05, 0.1) is 17.6 Å². The largest absolute Gasteiger partial charge is 0.465 e. The highest BCUT2D eigenvalue weighted by atomic mass is 32.2. The lowest BCUT2D eigenvalue weighted by Gasteiger charge is -2.14. The zero-order chi connectivity index (χ0) is 22.4. The second kappa shape index (κ2) is 10.4. The van der Waals surface area contributed by atoms with E-state index >= 15 is 0 Å². The van der Waals surface area contributed by atoms with Gasteiger partial charge >= 0.3 is 5.97 Å². The van der Waals surface area contributed by atoms with Crippen molar-refractivity contribution in [2.45, 2.75) is 19.8 Å². The van der Waals surface area contributed by atoms with Crippen LogP contribution >= 0.6 is 24.0 Å². The molecular formula is C23H22N2O4S2. The molecule has 160 valence electrons. The number of amides is 2. The van der Waals surface area contributed by atoms with E-state index in [2.05, 4.69) is 10.1 Å². The number of rotatable bonds is 7. The van der Waals surface area contributed by atoms with E-state index in [0.717, 1.165) is 16.8 Å². The molecule has 1 aliphatic rings. The second-order valence-corrected chi connectivity index (χ2v) is 8.64. The first-order chi connectivity index (χ1) is 14.9. The van der Waals surface area contributed by atoms with Crippen LogP contribution in [-0.4, -0.2) is 40.7 Å². The first kappa shape index (κ1) is 22.7. The Morgan fingerprint density at radius 3 is 2.45 bits per heavy atom. The van der Waals surface area contributed by atoms with Crippen molar-refractivity contribution in [3.05, 3.63) is 70.1 Å². The van der Waals surface area contributed by atoms with Crippen LogP contribution in [0.25, 0.3) is 6.08 Å². The minimum Gasteiger partial charge on any atom is -0.465 e. The number of esters is 1. The quantitative estimate of drug-likeness (QED) is 0.380. The monoisotopic (exact) mass is 454 g/mol. The number of ether oxygens (including phenoxy) is 1. The summed E-state index contributed by atoms with van der Waals surface area (Å²) in [5.74, 6) is -0.689. The Labute approximate surface area is 190 Å². The fourth-order valence-electron chi connectivity index (χ4n) is 2.94. The van der Waals surface area contributed by atoms with Crippen LogP contribution in [0.2, 0.25) is 0 Å². The summed E-state index contributed by atoms with van der Waals surface area (Å²) in [4.78, 5) is 38.4. The molecule has 31 heavy (non-hydrogen) atoms. The van der Waals surface area contributed by atoms with Gasteiger partial charge in [0.1, 0.15) is 4.32 Å². The minimum absolute atomic E-state index is 0.101. The zero-order valence-electron chi connectivity index (χ0n) is 17.2. The van der Waals surface area contributed by atoms with Crippen LogP contribution in [0.4, 0.5) is 5.69 Å². The third-order valence-electron chi connectivity index (χ3n) is 4.62. The SMILES string of the molecule is COC(=O)c1ccc(C=C2SC(=S)N(CCCC(=O)Nc3ccc(C)cc3)C2=O)cc1. The highest BCUT2D eigenvalue weighted by Crippen LogP contribution is 2.32. The number of benzene rings is 2. The van der Waals surface area contributed by atoms with Crippen molar-refractivity contribution in [1.29, 1.82) is 0 Å². The van der Waals surface area contributed by atoms with E-state index in [1.165, 1.54) is 23.8 Å². The molecule has 0 radical (unpaired) electrons. The Kier molecular flexibility index (Phi) is 7.59. The van der Waals surface area contributed by atoms with Gasteiger partial charge in [-0.1, -0.05) is 53.8 Å². The molecular weight excluding hydrogens is 432 g/mol. The predicted octanol–water partition coefficient (Wildman–Crippen LogP) is 4.40. The minimum atomic E-state index is -0.413. The van der Waals surface area contributed by atoms with E-state index in [0.29, 0.717) is 34.2 Å². The van der Waals surface area contributed by atoms with E-state index in [1.807, 2.05) is 31.2 Å². The molecule has 0 spiro atoms. The van der Waals surface area contributed by atoms with Crippen LogP contribution in [0, 0.1) is 6.92 Å². The molecule has 2 amide bonds. The highest BCUT2D eigenvalue weighted by molar-refractivity contribution is 8.26. The van der Waals surface area contributed by atoms with E-state index in [-0.39, 0.29) is 11.8 Å². The number of thioether (sulfide) groups is 1. The van der Waals surface area contributed by atoms with Gasteiger partial charge in [-0.25, -0.2) is 4.79 Å². The maximum Gasteiger partial charge on any atom is 0.337 e. The molecule has 0 atom stereocenters. The molecule has 1 heterocycles. The second-order valence-electron chi connectivity index (χ2n) is 6.96. The number of hydrogen-bond donors (Lipinski definition) is 1. The Hall–Kier alpha value is -2.97. The van der Waals surface area contributed by atoms with Gasteiger partial charge in [0.25, 0.3) is 5.91 Å². The van der Waals surface area contributed by atoms with Gasteiger partial charge in [-0.05, 0) is 49.2 Å². The highest BCUT2D eigenvalue weighted by Gasteiger charge is 2.31. The van der Waals surface area contributed by atoms with E-state index < -0.39 is 5.97 Å². The molecule has 0 bridgehead atoms. The number of nitrogens with one attached hydrogen (secondary N) is 1. The molecule has 0 unspecified atom stereocenters. The standard InChI is InChI=1S/C23H22N2O4S2/c1-15-5-11-18(12-6-15)24-20(26)4-3-13-25-21(27)19(31-23(25)30)14-16-7-9-17(10-8-16)22(28)29-2/h5-12,14H,3-4,13H2,1-2H3,(H,24,26). The summed E-state index contributed by atoms with van der Waals surface area (Å²) >= 11 is 6.57.